The molecular weight excluding hydrogens is 356 g/mol. The number of halogens is 11. The molecule has 0 amide bonds. The van der Waals surface area contributed by atoms with Crippen LogP contribution in [0, 0.1) is 5.92 Å². The van der Waals surface area contributed by atoms with Crippen molar-refractivity contribution < 1.29 is 53.1 Å². The molecule has 0 aromatic carbocycles. The first-order chi connectivity index (χ1) is 9.02. The molecule has 0 spiro atoms. The average Bonchev–Trinajstić information content (AvgIpc) is 2.25. The SMILES string of the molecule is CCC(C=O)C(F)(F)C(F)(F)C(F)(C(F)(F)F)C(F)(F)F.[NaH]. The number of hydrogen-bond acceptors (Lipinski definition) is 1. The summed E-state index contributed by atoms with van der Waals surface area (Å²) < 4.78 is 138. The van der Waals surface area contributed by atoms with Gasteiger partial charge in [0.1, 0.15) is 6.29 Å². The monoisotopic (exact) mass is 364 g/mol. The summed E-state index contributed by atoms with van der Waals surface area (Å²) in [5, 5.41) is 0. The minimum atomic E-state index is -7.51. The van der Waals surface area contributed by atoms with Gasteiger partial charge in [-0.2, -0.15) is 43.9 Å². The van der Waals surface area contributed by atoms with E-state index in [1.807, 2.05) is 0 Å². The zero-order chi connectivity index (χ0) is 17.5. The third kappa shape index (κ3) is 3.37. The third-order valence-electron chi connectivity index (χ3n) is 2.70. The van der Waals surface area contributed by atoms with Gasteiger partial charge in [0.2, 0.25) is 0 Å². The molecule has 0 aromatic rings. The van der Waals surface area contributed by atoms with Gasteiger partial charge in [0, 0.05) is 0 Å². The van der Waals surface area contributed by atoms with Crippen molar-refractivity contribution in [1.82, 2.24) is 0 Å². The van der Waals surface area contributed by atoms with Gasteiger partial charge < -0.3 is 4.79 Å². The zero-order valence-corrected chi connectivity index (χ0v) is 9.93. The molecule has 0 saturated carbocycles. The Labute approximate surface area is 138 Å². The van der Waals surface area contributed by atoms with E-state index in [9.17, 15) is 53.1 Å². The van der Waals surface area contributed by atoms with Crippen LogP contribution in [0.15, 0.2) is 0 Å². The molecule has 13 heteroatoms. The van der Waals surface area contributed by atoms with Crippen molar-refractivity contribution in [3.05, 3.63) is 0 Å². The van der Waals surface area contributed by atoms with Crippen LogP contribution in [0.2, 0.25) is 0 Å². The summed E-state index contributed by atoms with van der Waals surface area (Å²) in [5.74, 6) is -16.7. The van der Waals surface area contributed by atoms with Crippen molar-refractivity contribution >= 4 is 35.8 Å². The molecule has 0 saturated heterocycles. The first-order valence-corrected chi connectivity index (χ1v) is 5.05. The summed E-state index contributed by atoms with van der Waals surface area (Å²) in [7, 11) is 0. The molecule has 0 aliphatic carbocycles. The van der Waals surface area contributed by atoms with Gasteiger partial charge in [-0.3, -0.25) is 0 Å². The molecule has 0 bridgehead atoms. The van der Waals surface area contributed by atoms with Gasteiger partial charge >= 0.3 is 59.4 Å². The van der Waals surface area contributed by atoms with Crippen molar-refractivity contribution in [2.24, 2.45) is 5.92 Å². The normalized spacial score (nSPS) is 16.0. The van der Waals surface area contributed by atoms with Gasteiger partial charge in [-0.15, -0.1) is 0 Å². The first kappa shape index (κ1) is 24.2. The summed E-state index contributed by atoms with van der Waals surface area (Å²) in [5.41, 5.74) is -7.51. The quantitative estimate of drug-likeness (QED) is 0.413. The molecule has 22 heavy (non-hydrogen) atoms. The molecule has 1 atom stereocenters. The molecule has 0 aliphatic rings. The van der Waals surface area contributed by atoms with E-state index in [4.69, 9.17) is 0 Å². The summed E-state index contributed by atoms with van der Waals surface area (Å²) in [6.07, 6.45) is -16.9. The standard InChI is InChI=1S/C9H7F11O.Na.H/c1-2-4(3-21)5(10,11)7(13,14)6(12,8(15,16)17)9(18,19)20;;/h3-4H,2H2,1H3;;. The van der Waals surface area contributed by atoms with E-state index in [2.05, 4.69) is 0 Å². The number of rotatable bonds is 5. The van der Waals surface area contributed by atoms with Crippen molar-refractivity contribution in [3.8, 4) is 0 Å². The van der Waals surface area contributed by atoms with E-state index in [0.29, 0.717) is 6.92 Å². The average molecular weight is 364 g/mol. The molecule has 0 radical (unpaired) electrons. The second-order valence-corrected chi connectivity index (χ2v) is 4.00. The van der Waals surface area contributed by atoms with Crippen molar-refractivity contribution in [2.75, 3.05) is 0 Å². The summed E-state index contributed by atoms with van der Waals surface area (Å²) in [4.78, 5) is 10.2. The maximum atomic E-state index is 13.2. The Morgan fingerprint density at radius 3 is 1.32 bits per heavy atom. The Kier molecular flexibility index (Phi) is 7.46. The Hall–Kier alpha value is -0.100. The topological polar surface area (TPSA) is 17.1 Å². The van der Waals surface area contributed by atoms with Crippen molar-refractivity contribution in [3.63, 3.8) is 0 Å². The Bertz CT molecular complexity index is 372. The number of hydrogen-bond donors (Lipinski definition) is 0. The number of carbonyl (C=O) groups is 1. The fourth-order valence-corrected chi connectivity index (χ4v) is 1.42. The van der Waals surface area contributed by atoms with Crippen LogP contribution in [-0.2, 0) is 4.79 Å². The van der Waals surface area contributed by atoms with Crippen LogP contribution in [0.1, 0.15) is 13.3 Å². The molecule has 1 unspecified atom stereocenters. The van der Waals surface area contributed by atoms with Crippen LogP contribution in [0.5, 0.6) is 0 Å². The summed E-state index contributed by atoms with van der Waals surface area (Å²) in [6, 6.07) is 0. The third-order valence-corrected chi connectivity index (χ3v) is 2.70. The summed E-state index contributed by atoms with van der Waals surface area (Å²) >= 11 is 0. The molecule has 128 valence electrons. The Morgan fingerprint density at radius 2 is 1.14 bits per heavy atom. The van der Waals surface area contributed by atoms with Crippen LogP contribution in [0.4, 0.5) is 48.3 Å². The van der Waals surface area contributed by atoms with Crippen molar-refractivity contribution in [1.29, 1.82) is 0 Å². The van der Waals surface area contributed by atoms with Crippen molar-refractivity contribution in [2.45, 2.75) is 43.2 Å². The first-order valence-electron chi connectivity index (χ1n) is 5.05. The molecular formula is C9H8F11NaO. The van der Waals surface area contributed by atoms with Gasteiger partial charge in [-0.1, -0.05) is 6.92 Å². The maximum absolute atomic E-state index is 13.2. The van der Waals surface area contributed by atoms with E-state index >= 15 is 0 Å². The van der Waals surface area contributed by atoms with E-state index in [1.54, 1.807) is 0 Å². The number of carbonyl (C=O) groups excluding carboxylic acids is 1. The van der Waals surface area contributed by atoms with Gasteiger partial charge in [-0.05, 0) is 6.42 Å². The van der Waals surface area contributed by atoms with Gasteiger partial charge in [0.05, 0.1) is 5.92 Å². The number of alkyl halides is 11. The van der Waals surface area contributed by atoms with Crippen LogP contribution < -0.4 is 0 Å². The fraction of sp³-hybridized carbons (Fsp3) is 0.889. The van der Waals surface area contributed by atoms with Gasteiger partial charge in [0.25, 0.3) is 0 Å². The second-order valence-electron chi connectivity index (χ2n) is 4.00. The van der Waals surface area contributed by atoms with Gasteiger partial charge in [0.15, 0.2) is 0 Å². The Balaban J connectivity index is 0. The molecule has 0 fully saturated rings. The van der Waals surface area contributed by atoms with Crippen LogP contribution in [0.3, 0.4) is 0 Å². The van der Waals surface area contributed by atoms with E-state index in [0.717, 1.165) is 0 Å². The second kappa shape index (κ2) is 6.80. The minimum absolute atomic E-state index is 0. The van der Waals surface area contributed by atoms with Crippen LogP contribution in [0.25, 0.3) is 0 Å². The zero-order valence-electron chi connectivity index (χ0n) is 9.93. The molecule has 0 aromatic heterocycles. The number of aldehydes is 1. The predicted molar refractivity (Wildman–Crippen MR) is 52.8 cm³/mol. The van der Waals surface area contributed by atoms with E-state index in [1.165, 1.54) is 0 Å². The van der Waals surface area contributed by atoms with E-state index in [-0.39, 0.29) is 29.6 Å². The van der Waals surface area contributed by atoms with Crippen LogP contribution in [-0.4, -0.2) is 65.7 Å². The fourth-order valence-electron chi connectivity index (χ4n) is 1.42. The molecule has 0 N–H and O–H groups in total. The summed E-state index contributed by atoms with van der Waals surface area (Å²) in [6.45, 7) is 0.629. The Morgan fingerprint density at radius 1 is 0.818 bits per heavy atom. The van der Waals surface area contributed by atoms with E-state index < -0.39 is 48.5 Å². The van der Waals surface area contributed by atoms with Crippen LogP contribution >= 0.6 is 0 Å². The molecule has 0 heterocycles. The molecule has 0 aliphatic heterocycles. The molecule has 1 nitrogen and oxygen atoms in total. The predicted octanol–water partition coefficient (Wildman–Crippen LogP) is 3.67. The molecule has 0 rings (SSSR count). The van der Waals surface area contributed by atoms with Gasteiger partial charge in [-0.25, -0.2) is 4.39 Å².